The molecule has 2 rings (SSSR count). The molecule has 0 bridgehead atoms. The number of benzene rings is 2. The summed E-state index contributed by atoms with van der Waals surface area (Å²) < 4.78 is 5.73. The molecule has 0 spiro atoms. The maximum Gasteiger partial charge on any atom is 0.119 e. The number of allylic oxidation sites excluding steroid dienone is 1. The van der Waals surface area contributed by atoms with Crippen molar-refractivity contribution in [3.8, 4) is 5.75 Å². The van der Waals surface area contributed by atoms with Crippen molar-refractivity contribution in [3.05, 3.63) is 71.8 Å². The van der Waals surface area contributed by atoms with Crippen molar-refractivity contribution in [1.29, 1.82) is 0 Å². The van der Waals surface area contributed by atoms with Crippen LogP contribution in [0.25, 0.3) is 6.08 Å². The average molecular weight is 273 g/mol. The molecule has 0 aliphatic heterocycles. The lowest BCUT2D eigenvalue weighted by Crippen LogP contribution is -1.94. The third kappa shape index (κ3) is 4.80. The maximum absolute atomic E-state index is 5.73. The standard InChI is InChI=1S/C17H17ClO/c18-13-5-4-6-15-9-11-17(12-10-15)19-14-16-7-2-1-3-8-16/h1-4,6-12H,5,13-14H2. The Labute approximate surface area is 119 Å². The lowest BCUT2D eigenvalue weighted by molar-refractivity contribution is 0.306. The van der Waals surface area contributed by atoms with Crippen LogP contribution in [0.3, 0.4) is 0 Å². The summed E-state index contributed by atoms with van der Waals surface area (Å²) in [7, 11) is 0. The first kappa shape index (κ1) is 13.7. The second kappa shape index (κ2) is 7.65. The second-order valence-corrected chi connectivity index (χ2v) is 4.60. The molecular weight excluding hydrogens is 256 g/mol. The summed E-state index contributed by atoms with van der Waals surface area (Å²) in [4.78, 5) is 0. The number of ether oxygens (including phenoxy) is 1. The molecule has 0 heterocycles. The van der Waals surface area contributed by atoms with E-state index < -0.39 is 0 Å². The second-order valence-electron chi connectivity index (χ2n) is 4.22. The molecule has 0 saturated carbocycles. The minimum Gasteiger partial charge on any atom is -0.489 e. The van der Waals surface area contributed by atoms with E-state index in [9.17, 15) is 0 Å². The fourth-order valence-electron chi connectivity index (χ4n) is 1.70. The van der Waals surface area contributed by atoms with Gasteiger partial charge in [0.05, 0.1) is 0 Å². The number of hydrogen-bond donors (Lipinski definition) is 0. The van der Waals surface area contributed by atoms with Gasteiger partial charge in [-0.05, 0) is 29.7 Å². The Hall–Kier alpha value is -1.73. The Balaban J connectivity index is 1.88. The van der Waals surface area contributed by atoms with Crippen molar-refractivity contribution in [2.45, 2.75) is 13.0 Å². The first-order valence-electron chi connectivity index (χ1n) is 6.38. The van der Waals surface area contributed by atoms with Crippen LogP contribution < -0.4 is 4.74 Å². The number of rotatable bonds is 6. The minimum atomic E-state index is 0.599. The zero-order valence-corrected chi connectivity index (χ0v) is 11.5. The molecule has 0 aliphatic carbocycles. The Kier molecular flexibility index (Phi) is 5.51. The Morgan fingerprint density at radius 2 is 1.68 bits per heavy atom. The normalized spacial score (nSPS) is 10.8. The largest absolute Gasteiger partial charge is 0.489 e. The van der Waals surface area contributed by atoms with Gasteiger partial charge in [-0.15, -0.1) is 11.6 Å². The van der Waals surface area contributed by atoms with Crippen molar-refractivity contribution < 1.29 is 4.74 Å². The molecule has 0 unspecified atom stereocenters. The maximum atomic E-state index is 5.73. The molecule has 0 fully saturated rings. The topological polar surface area (TPSA) is 9.23 Å². The zero-order valence-electron chi connectivity index (χ0n) is 10.8. The van der Waals surface area contributed by atoms with Crippen LogP contribution >= 0.6 is 11.6 Å². The predicted molar refractivity (Wildman–Crippen MR) is 81.6 cm³/mol. The van der Waals surface area contributed by atoms with Crippen molar-refractivity contribution in [2.75, 3.05) is 5.88 Å². The molecule has 2 heteroatoms. The van der Waals surface area contributed by atoms with Gasteiger partial charge in [-0.2, -0.15) is 0 Å². The van der Waals surface area contributed by atoms with Crippen LogP contribution in [0.4, 0.5) is 0 Å². The van der Waals surface area contributed by atoms with Crippen LogP contribution in [0.5, 0.6) is 5.75 Å². The molecule has 2 aromatic rings. The van der Waals surface area contributed by atoms with E-state index >= 15 is 0 Å². The minimum absolute atomic E-state index is 0.599. The number of alkyl halides is 1. The van der Waals surface area contributed by atoms with E-state index in [0.29, 0.717) is 12.5 Å². The van der Waals surface area contributed by atoms with Crippen molar-refractivity contribution in [3.63, 3.8) is 0 Å². The van der Waals surface area contributed by atoms with Gasteiger partial charge in [0.2, 0.25) is 0 Å². The molecule has 1 nitrogen and oxygen atoms in total. The Bertz CT molecular complexity index is 503. The third-order valence-corrected chi connectivity index (χ3v) is 2.93. The van der Waals surface area contributed by atoms with Gasteiger partial charge in [-0.3, -0.25) is 0 Å². The summed E-state index contributed by atoms with van der Waals surface area (Å²) in [6.07, 6.45) is 5.05. The van der Waals surface area contributed by atoms with E-state index in [1.54, 1.807) is 0 Å². The van der Waals surface area contributed by atoms with Crippen LogP contribution in [0.15, 0.2) is 60.7 Å². The average Bonchev–Trinajstić information content (AvgIpc) is 2.48. The summed E-state index contributed by atoms with van der Waals surface area (Å²) in [5.74, 6) is 1.55. The van der Waals surface area contributed by atoms with Gasteiger partial charge in [-0.25, -0.2) is 0 Å². The van der Waals surface area contributed by atoms with Crippen LogP contribution in [0, 0.1) is 0 Å². The van der Waals surface area contributed by atoms with Crippen LogP contribution in [0.1, 0.15) is 17.5 Å². The highest BCUT2D eigenvalue weighted by Crippen LogP contribution is 2.15. The van der Waals surface area contributed by atoms with Gasteiger partial charge in [0, 0.05) is 5.88 Å². The number of hydrogen-bond acceptors (Lipinski definition) is 1. The lowest BCUT2D eigenvalue weighted by atomic mass is 10.2. The first-order chi connectivity index (χ1) is 9.38. The van der Waals surface area contributed by atoms with Crippen molar-refractivity contribution in [1.82, 2.24) is 0 Å². The van der Waals surface area contributed by atoms with E-state index in [2.05, 4.69) is 24.3 Å². The highest BCUT2D eigenvalue weighted by molar-refractivity contribution is 6.17. The van der Waals surface area contributed by atoms with Crippen LogP contribution in [0.2, 0.25) is 0 Å². The highest BCUT2D eigenvalue weighted by atomic mass is 35.5. The summed E-state index contributed by atoms with van der Waals surface area (Å²) >= 11 is 5.62. The molecule has 0 radical (unpaired) electrons. The summed E-state index contributed by atoms with van der Waals surface area (Å²) in [5, 5.41) is 0. The molecule has 0 aliphatic rings. The summed E-state index contributed by atoms with van der Waals surface area (Å²) in [6, 6.07) is 18.2. The molecule has 0 aromatic heterocycles. The fourth-order valence-corrected chi connectivity index (χ4v) is 1.82. The lowest BCUT2D eigenvalue weighted by Gasteiger charge is -2.06. The third-order valence-electron chi connectivity index (χ3n) is 2.71. The monoisotopic (exact) mass is 272 g/mol. The van der Waals surface area contributed by atoms with Crippen molar-refractivity contribution >= 4 is 17.7 Å². The van der Waals surface area contributed by atoms with Crippen LogP contribution in [-0.2, 0) is 6.61 Å². The van der Waals surface area contributed by atoms with Gasteiger partial charge in [0.15, 0.2) is 0 Å². The van der Waals surface area contributed by atoms with E-state index in [4.69, 9.17) is 16.3 Å². The Morgan fingerprint density at radius 1 is 0.947 bits per heavy atom. The van der Waals surface area contributed by atoms with Gasteiger partial charge < -0.3 is 4.74 Å². The predicted octanol–water partition coefficient (Wildman–Crippen LogP) is 4.91. The summed E-state index contributed by atoms with van der Waals surface area (Å²) in [5.41, 5.74) is 2.34. The SMILES string of the molecule is ClCCC=Cc1ccc(OCc2ccccc2)cc1. The van der Waals surface area contributed by atoms with Crippen molar-refractivity contribution in [2.24, 2.45) is 0 Å². The van der Waals surface area contributed by atoms with E-state index in [1.807, 2.05) is 42.5 Å². The molecular formula is C17H17ClO. The molecule has 2 aromatic carbocycles. The zero-order chi connectivity index (χ0) is 13.3. The summed E-state index contributed by atoms with van der Waals surface area (Å²) in [6.45, 7) is 0.599. The van der Waals surface area contributed by atoms with Gasteiger partial charge >= 0.3 is 0 Å². The van der Waals surface area contributed by atoms with Gasteiger partial charge in [0.1, 0.15) is 12.4 Å². The van der Waals surface area contributed by atoms with Gasteiger partial charge in [-0.1, -0.05) is 54.6 Å². The van der Waals surface area contributed by atoms with Gasteiger partial charge in [0.25, 0.3) is 0 Å². The van der Waals surface area contributed by atoms with E-state index in [-0.39, 0.29) is 0 Å². The van der Waals surface area contributed by atoms with E-state index in [1.165, 1.54) is 5.56 Å². The molecule has 0 saturated heterocycles. The molecule has 0 N–H and O–H groups in total. The quantitative estimate of drug-likeness (QED) is 0.679. The van der Waals surface area contributed by atoms with Crippen LogP contribution in [-0.4, -0.2) is 5.88 Å². The van der Waals surface area contributed by atoms with E-state index in [0.717, 1.165) is 17.7 Å². The fraction of sp³-hybridized carbons (Fsp3) is 0.176. The molecule has 98 valence electrons. The number of halogens is 1. The molecule has 19 heavy (non-hydrogen) atoms. The highest BCUT2D eigenvalue weighted by Gasteiger charge is 1.95. The molecule has 0 atom stereocenters. The smallest absolute Gasteiger partial charge is 0.119 e. The Morgan fingerprint density at radius 3 is 2.37 bits per heavy atom. The molecule has 0 amide bonds. The first-order valence-corrected chi connectivity index (χ1v) is 6.91.